The predicted molar refractivity (Wildman–Crippen MR) is 64.8 cm³/mol. The van der Waals surface area contributed by atoms with Gasteiger partial charge in [-0.25, -0.2) is 4.39 Å². The van der Waals surface area contributed by atoms with Gasteiger partial charge in [0.15, 0.2) is 0 Å². The molecule has 1 amide bonds. The first-order valence-electron chi connectivity index (χ1n) is 5.39. The van der Waals surface area contributed by atoms with Crippen molar-refractivity contribution in [2.24, 2.45) is 0 Å². The number of rotatable bonds is 7. The van der Waals surface area contributed by atoms with Crippen LogP contribution in [0.5, 0.6) is 0 Å². The van der Waals surface area contributed by atoms with E-state index in [-0.39, 0.29) is 6.54 Å². The Bertz CT molecular complexity index is 276. The largest absolute Gasteiger partial charge is 0.325 e. The van der Waals surface area contributed by atoms with Crippen LogP contribution >= 0.6 is 0 Å². The number of amides is 1. The molecule has 0 saturated heterocycles. The van der Waals surface area contributed by atoms with Crippen molar-refractivity contribution in [2.45, 2.75) is 25.9 Å². The average Bonchev–Trinajstić information content (AvgIpc) is 2.29. The Morgan fingerprint density at radius 2 is 2.19 bits per heavy atom. The maximum Gasteiger partial charge on any atom is 0.213 e. The summed E-state index contributed by atoms with van der Waals surface area (Å²) in [7, 11) is 3.33. The molecule has 92 valence electrons. The fourth-order valence-corrected chi connectivity index (χ4v) is 1.45. The first-order chi connectivity index (χ1) is 7.53. The van der Waals surface area contributed by atoms with Gasteiger partial charge in [0.2, 0.25) is 6.41 Å². The van der Waals surface area contributed by atoms with E-state index in [2.05, 4.69) is 5.32 Å². The van der Waals surface area contributed by atoms with Crippen molar-refractivity contribution in [1.82, 2.24) is 10.2 Å². The van der Waals surface area contributed by atoms with Gasteiger partial charge in [0.05, 0.1) is 0 Å². The smallest absolute Gasteiger partial charge is 0.213 e. The molecule has 0 fully saturated rings. The number of hydrogen-bond donors (Lipinski definition) is 1. The van der Waals surface area contributed by atoms with Gasteiger partial charge in [-0.3, -0.25) is 4.79 Å². The molecule has 4 heteroatoms. The average molecular weight is 228 g/mol. The van der Waals surface area contributed by atoms with Crippen LogP contribution in [0, 0.1) is 0 Å². The Kier molecular flexibility index (Phi) is 6.65. The van der Waals surface area contributed by atoms with E-state index >= 15 is 0 Å². The standard InChI is InChI=1S/C12H21FN2O/c1-5-11(7-8-15(4)10-16)12(13,6-2)9-14-3/h5,7-8,10,14H,6,9H2,1-4H3/b8-7-,11-5+. The highest BCUT2D eigenvalue weighted by Crippen LogP contribution is 2.26. The minimum atomic E-state index is -1.39. The molecule has 0 bridgehead atoms. The third-order valence-electron chi connectivity index (χ3n) is 2.50. The monoisotopic (exact) mass is 228 g/mol. The van der Waals surface area contributed by atoms with E-state index in [0.29, 0.717) is 18.4 Å². The van der Waals surface area contributed by atoms with E-state index in [9.17, 15) is 9.18 Å². The van der Waals surface area contributed by atoms with Crippen molar-refractivity contribution >= 4 is 6.41 Å². The molecule has 0 heterocycles. The highest BCUT2D eigenvalue weighted by molar-refractivity contribution is 5.48. The number of alkyl halides is 1. The highest BCUT2D eigenvalue weighted by atomic mass is 19.1. The van der Waals surface area contributed by atoms with Gasteiger partial charge in [0, 0.05) is 19.8 Å². The van der Waals surface area contributed by atoms with Crippen LogP contribution in [0.4, 0.5) is 4.39 Å². The third-order valence-corrected chi connectivity index (χ3v) is 2.50. The second kappa shape index (κ2) is 7.17. The second-order valence-electron chi connectivity index (χ2n) is 3.68. The molecule has 0 radical (unpaired) electrons. The zero-order valence-electron chi connectivity index (χ0n) is 10.5. The van der Waals surface area contributed by atoms with Crippen LogP contribution in [-0.4, -0.2) is 37.6 Å². The maximum absolute atomic E-state index is 14.5. The van der Waals surface area contributed by atoms with Crippen LogP contribution in [0.25, 0.3) is 0 Å². The van der Waals surface area contributed by atoms with Crippen molar-refractivity contribution in [1.29, 1.82) is 0 Å². The van der Waals surface area contributed by atoms with Gasteiger partial charge in [-0.05, 0) is 32.0 Å². The molecule has 1 atom stereocenters. The number of allylic oxidation sites excluding steroid dienone is 2. The second-order valence-corrected chi connectivity index (χ2v) is 3.68. The molecular weight excluding hydrogens is 207 g/mol. The molecule has 1 N–H and O–H groups in total. The molecule has 16 heavy (non-hydrogen) atoms. The number of hydrogen-bond acceptors (Lipinski definition) is 2. The minimum Gasteiger partial charge on any atom is -0.325 e. The SMILES string of the molecule is C/C=C(\C=C/N(C)C=O)C(F)(CC)CNC. The van der Waals surface area contributed by atoms with Crippen LogP contribution in [0.2, 0.25) is 0 Å². The van der Waals surface area contributed by atoms with E-state index < -0.39 is 5.67 Å². The Balaban J connectivity index is 4.84. The Morgan fingerprint density at radius 3 is 2.56 bits per heavy atom. The highest BCUT2D eigenvalue weighted by Gasteiger charge is 2.29. The third kappa shape index (κ3) is 4.14. The predicted octanol–water partition coefficient (Wildman–Crippen LogP) is 1.87. The molecule has 0 rings (SSSR count). The van der Waals surface area contributed by atoms with Gasteiger partial charge in [-0.15, -0.1) is 0 Å². The van der Waals surface area contributed by atoms with Gasteiger partial charge >= 0.3 is 0 Å². The van der Waals surface area contributed by atoms with Crippen LogP contribution in [-0.2, 0) is 4.79 Å². The number of carbonyl (C=O) groups excluding carboxylic acids is 1. The van der Waals surface area contributed by atoms with E-state index in [4.69, 9.17) is 0 Å². The minimum absolute atomic E-state index is 0.262. The van der Waals surface area contributed by atoms with Gasteiger partial charge < -0.3 is 10.2 Å². The zero-order valence-corrected chi connectivity index (χ0v) is 10.5. The fraction of sp³-hybridized carbons (Fsp3) is 0.583. The Hall–Kier alpha value is -1.16. The van der Waals surface area contributed by atoms with Crippen molar-refractivity contribution in [3.05, 3.63) is 23.9 Å². The van der Waals surface area contributed by atoms with Gasteiger partial charge in [-0.2, -0.15) is 0 Å². The Morgan fingerprint density at radius 1 is 1.56 bits per heavy atom. The lowest BCUT2D eigenvalue weighted by Crippen LogP contribution is -2.36. The number of halogens is 1. The summed E-state index contributed by atoms with van der Waals surface area (Å²) < 4.78 is 14.5. The zero-order chi connectivity index (χ0) is 12.6. The summed E-state index contributed by atoms with van der Waals surface area (Å²) in [5.41, 5.74) is -0.804. The van der Waals surface area contributed by atoms with Crippen molar-refractivity contribution < 1.29 is 9.18 Å². The molecule has 0 aliphatic carbocycles. The van der Waals surface area contributed by atoms with Crippen molar-refractivity contribution in [2.75, 3.05) is 20.6 Å². The molecule has 1 unspecified atom stereocenters. The quantitative estimate of drug-likeness (QED) is 0.533. The summed E-state index contributed by atoms with van der Waals surface area (Å²) in [6, 6.07) is 0. The topological polar surface area (TPSA) is 32.3 Å². The summed E-state index contributed by atoms with van der Waals surface area (Å²) in [5.74, 6) is 0. The molecule has 0 aromatic heterocycles. The first-order valence-corrected chi connectivity index (χ1v) is 5.39. The summed E-state index contributed by atoms with van der Waals surface area (Å²) in [6.45, 7) is 3.86. The van der Waals surface area contributed by atoms with Gasteiger partial charge in [0.25, 0.3) is 0 Å². The normalized spacial score (nSPS) is 16.2. The summed E-state index contributed by atoms with van der Waals surface area (Å²) in [5, 5.41) is 2.84. The summed E-state index contributed by atoms with van der Waals surface area (Å²) >= 11 is 0. The fourth-order valence-electron chi connectivity index (χ4n) is 1.45. The Labute approximate surface area is 97.0 Å². The molecule has 0 saturated carbocycles. The van der Waals surface area contributed by atoms with E-state index in [1.54, 1.807) is 46.3 Å². The maximum atomic E-state index is 14.5. The molecule has 0 aromatic rings. The molecule has 3 nitrogen and oxygen atoms in total. The number of carbonyl (C=O) groups is 1. The lowest BCUT2D eigenvalue weighted by atomic mass is 9.92. The van der Waals surface area contributed by atoms with E-state index in [1.165, 1.54) is 4.90 Å². The number of nitrogens with zero attached hydrogens (tertiary/aromatic N) is 1. The molecule has 0 aliphatic rings. The molecular formula is C12H21FN2O. The summed E-state index contributed by atoms with van der Waals surface area (Å²) in [4.78, 5) is 11.7. The lowest BCUT2D eigenvalue weighted by Gasteiger charge is -2.25. The number of nitrogens with one attached hydrogen (secondary N) is 1. The van der Waals surface area contributed by atoms with Crippen LogP contribution in [0.3, 0.4) is 0 Å². The van der Waals surface area contributed by atoms with Crippen LogP contribution < -0.4 is 5.32 Å². The van der Waals surface area contributed by atoms with E-state index in [1.807, 2.05) is 0 Å². The lowest BCUT2D eigenvalue weighted by molar-refractivity contribution is -0.115. The molecule has 0 aromatic carbocycles. The van der Waals surface area contributed by atoms with E-state index in [0.717, 1.165) is 0 Å². The van der Waals surface area contributed by atoms with Crippen molar-refractivity contribution in [3.63, 3.8) is 0 Å². The first kappa shape index (κ1) is 14.8. The van der Waals surface area contributed by atoms with Crippen molar-refractivity contribution in [3.8, 4) is 0 Å². The molecule has 0 aliphatic heterocycles. The summed E-state index contributed by atoms with van der Waals surface area (Å²) in [6.07, 6.45) is 5.99. The van der Waals surface area contributed by atoms with Crippen LogP contribution in [0.15, 0.2) is 23.9 Å². The van der Waals surface area contributed by atoms with Crippen LogP contribution in [0.1, 0.15) is 20.3 Å². The van der Waals surface area contributed by atoms with Gasteiger partial charge in [-0.1, -0.05) is 13.0 Å². The van der Waals surface area contributed by atoms with Gasteiger partial charge in [0.1, 0.15) is 5.67 Å². The molecule has 0 spiro atoms.